The van der Waals surface area contributed by atoms with Crippen molar-refractivity contribution in [2.24, 2.45) is 0 Å². The van der Waals surface area contributed by atoms with Crippen LogP contribution < -0.4 is 10.2 Å². The lowest BCUT2D eigenvalue weighted by molar-refractivity contribution is 0.0989. The zero-order valence-electron chi connectivity index (χ0n) is 16.8. The molecule has 6 nitrogen and oxygen atoms in total. The van der Waals surface area contributed by atoms with Crippen molar-refractivity contribution < 1.29 is 4.79 Å². The van der Waals surface area contributed by atoms with E-state index in [4.69, 9.17) is 0 Å². The summed E-state index contributed by atoms with van der Waals surface area (Å²) in [5.74, 6) is 0.700. The summed E-state index contributed by atoms with van der Waals surface area (Å²) in [6.45, 7) is 8.21. The molecule has 4 rings (SSSR count). The van der Waals surface area contributed by atoms with E-state index in [1.165, 1.54) is 5.56 Å². The molecule has 1 aromatic heterocycles. The maximum atomic E-state index is 13.3. The summed E-state index contributed by atoms with van der Waals surface area (Å²) >= 11 is 0. The third kappa shape index (κ3) is 4.03. The number of benzene rings is 1. The molecule has 2 aromatic rings. The zero-order valence-corrected chi connectivity index (χ0v) is 16.8. The molecule has 0 bridgehead atoms. The highest BCUT2D eigenvalue weighted by Gasteiger charge is 2.27. The van der Waals surface area contributed by atoms with Crippen molar-refractivity contribution in [3.63, 3.8) is 0 Å². The molecule has 0 aliphatic carbocycles. The molecule has 2 aliphatic rings. The molecule has 1 N–H and O–H groups in total. The molecule has 1 aromatic carbocycles. The molecule has 148 valence electrons. The van der Waals surface area contributed by atoms with Crippen LogP contribution in [0.25, 0.3) is 0 Å². The standard InChI is InChI=1S/C22H29N5O/c1-17(16-26-14-12-25(2)13-15-26)24-21-19(7-5-10-23-21)22(28)27-11-9-18-6-3-4-8-20(18)27/h3-8,10,17H,9,11-16H2,1-2H3,(H,23,24). The molecule has 1 unspecified atom stereocenters. The number of hydrogen-bond donors (Lipinski definition) is 1. The number of hydrogen-bond acceptors (Lipinski definition) is 5. The first-order valence-electron chi connectivity index (χ1n) is 10.1. The lowest BCUT2D eigenvalue weighted by Gasteiger charge is -2.34. The second-order valence-electron chi connectivity index (χ2n) is 7.88. The van der Waals surface area contributed by atoms with E-state index in [1.54, 1.807) is 6.20 Å². The lowest BCUT2D eigenvalue weighted by Crippen LogP contribution is -2.47. The number of aromatic nitrogens is 1. The number of likely N-dealkylation sites (N-methyl/N-ethyl adjacent to an activating group) is 1. The molecule has 1 fully saturated rings. The van der Waals surface area contributed by atoms with Gasteiger partial charge in [0, 0.05) is 57.2 Å². The van der Waals surface area contributed by atoms with E-state index in [-0.39, 0.29) is 11.9 Å². The Morgan fingerprint density at radius 1 is 1.11 bits per heavy atom. The lowest BCUT2D eigenvalue weighted by atomic mass is 10.1. The number of piperazine rings is 1. The van der Waals surface area contributed by atoms with Gasteiger partial charge in [-0.1, -0.05) is 18.2 Å². The van der Waals surface area contributed by atoms with Crippen LogP contribution in [0.15, 0.2) is 42.6 Å². The van der Waals surface area contributed by atoms with Gasteiger partial charge >= 0.3 is 0 Å². The van der Waals surface area contributed by atoms with Gasteiger partial charge in [0.05, 0.1) is 5.56 Å². The van der Waals surface area contributed by atoms with Gasteiger partial charge in [0.25, 0.3) is 5.91 Å². The van der Waals surface area contributed by atoms with Crippen LogP contribution in [0.2, 0.25) is 0 Å². The van der Waals surface area contributed by atoms with Crippen LogP contribution in [0.5, 0.6) is 0 Å². The summed E-state index contributed by atoms with van der Waals surface area (Å²) in [4.78, 5) is 24.5. The first-order chi connectivity index (χ1) is 13.6. The van der Waals surface area contributed by atoms with Crippen molar-refractivity contribution in [2.45, 2.75) is 19.4 Å². The van der Waals surface area contributed by atoms with Crippen LogP contribution in [-0.4, -0.2) is 73.0 Å². The number of pyridine rings is 1. The molecular formula is C22H29N5O. The average Bonchev–Trinajstić information content (AvgIpc) is 3.14. The monoisotopic (exact) mass is 379 g/mol. The highest BCUT2D eigenvalue weighted by Crippen LogP contribution is 2.30. The van der Waals surface area contributed by atoms with Crippen molar-refractivity contribution in [3.8, 4) is 0 Å². The minimum atomic E-state index is 0.0207. The number of para-hydroxylation sites is 1. The minimum Gasteiger partial charge on any atom is -0.366 e. The number of amides is 1. The molecule has 28 heavy (non-hydrogen) atoms. The fraction of sp³-hybridized carbons (Fsp3) is 0.455. The van der Waals surface area contributed by atoms with Gasteiger partial charge in [0.1, 0.15) is 5.82 Å². The molecule has 1 atom stereocenters. The summed E-state index contributed by atoms with van der Waals surface area (Å²) in [5.41, 5.74) is 2.90. The molecule has 2 aliphatic heterocycles. The van der Waals surface area contributed by atoms with Crippen molar-refractivity contribution in [1.82, 2.24) is 14.8 Å². The smallest absolute Gasteiger partial charge is 0.262 e. The highest BCUT2D eigenvalue weighted by molar-refractivity contribution is 6.10. The van der Waals surface area contributed by atoms with Gasteiger partial charge in [-0.25, -0.2) is 4.98 Å². The molecule has 0 spiro atoms. The van der Waals surface area contributed by atoms with E-state index in [9.17, 15) is 4.79 Å². The number of anilines is 2. The van der Waals surface area contributed by atoms with Crippen LogP contribution in [0.4, 0.5) is 11.5 Å². The number of fused-ring (bicyclic) bond motifs is 1. The van der Waals surface area contributed by atoms with Crippen LogP contribution in [0, 0.1) is 0 Å². The van der Waals surface area contributed by atoms with Crippen molar-refractivity contribution in [2.75, 3.05) is 56.5 Å². The summed E-state index contributed by atoms with van der Waals surface area (Å²) in [5, 5.41) is 3.48. The van der Waals surface area contributed by atoms with Gasteiger partial charge in [-0.05, 0) is 44.2 Å². The van der Waals surface area contributed by atoms with Crippen molar-refractivity contribution in [1.29, 1.82) is 0 Å². The van der Waals surface area contributed by atoms with E-state index >= 15 is 0 Å². The zero-order chi connectivity index (χ0) is 19.5. The van der Waals surface area contributed by atoms with E-state index < -0.39 is 0 Å². The maximum absolute atomic E-state index is 13.3. The van der Waals surface area contributed by atoms with Crippen molar-refractivity contribution >= 4 is 17.4 Å². The molecule has 6 heteroatoms. The van der Waals surface area contributed by atoms with E-state index in [0.717, 1.165) is 51.4 Å². The van der Waals surface area contributed by atoms with Crippen LogP contribution in [0.3, 0.4) is 0 Å². The predicted molar refractivity (Wildman–Crippen MR) is 113 cm³/mol. The number of carbonyl (C=O) groups is 1. The van der Waals surface area contributed by atoms with E-state index in [1.807, 2.05) is 35.2 Å². The Morgan fingerprint density at radius 2 is 1.89 bits per heavy atom. The fourth-order valence-corrected chi connectivity index (χ4v) is 4.08. The minimum absolute atomic E-state index is 0.0207. The largest absolute Gasteiger partial charge is 0.366 e. The average molecular weight is 380 g/mol. The van der Waals surface area contributed by atoms with Gasteiger partial charge in [0.15, 0.2) is 0 Å². The first kappa shape index (κ1) is 18.9. The first-order valence-corrected chi connectivity index (χ1v) is 10.1. The number of rotatable bonds is 5. The Morgan fingerprint density at radius 3 is 2.71 bits per heavy atom. The molecule has 0 saturated carbocycles. The summed E-state index contributed by atoms with van der Waals surface area (Å²) < 4.78 is 0. The van der Waals surface area contributed by atoms with E-state index in [0.29, 0.717) is 11.4 Å². The highest BCUT2D eigenvalue weighted by atomic mass is 16.2. The predicted octanol–water partition coefficient (Wildman–Crippen LogP) is 2.33. The molecule has 1 saturated heterocycles. The number of nitrogens with zero attached hydrogens (tertiary/aromatic N) is 4. The van der Waals surface area contributed by atoms with Gasteiger partial charge in [-0.15, -0.1) is 0 Å². The van der Waals surface area contributed by atoms with Crippen LogP contribution >= 0.6 is 0 Å². The Labute approximate surface area is 167 Å². The normalized spacial score (nSPS) is 18.7. The molecule has 3 heterocycles. The number of carbonyl (C=O) groups excluding carboxylic acids is 1. The Balaban J connectivity index is 1.46. The second-order valence-corrected chi connectivity index (χ2v) is 7.88. The van der Waals surface area contributed by atoms with Gasteiger partial charge in [0.2, 0.25) is 0 Å². The van der Waals surface area contributed by atoms with E-state index in [2.05, 4.69) is 40.1 Å². The molecule has 1 amide bonds. The Bertz CT molecular complexity index is 831. The third-order valence-electron chi connectivity index (χ3n) is 5.68. The van der Waals surface area contributed by atoms with Crippen LogP contribution in [0.1, 0.15) is 22.8 Å². The number of nitrogens with one attached hydrogen (secondary N) is 1. The van der Waals surface area contributed by atoms with Gasteiger partial charge in [-0.2, -0.15) is 0 Å². The van der Waals surface area contributed by atoms with Gasteiger partial charge < -0.3 is 15.1 Å². The summed E-state index contributed by atoms with van der Waals surface area (Å²) in [6, 6.07) is 12.1. The Hall–Kier alpha value is -2.44. The Kier molecular flexibility index (Phi) is 5.59. The van der Waals surface area contributed by atoms with Crippen molar-refractivity contribution in [3.05, 3.63) is 53.7 Å². The molecule has 0 radical (unpaired) electrons. The SMILES string of the molecule is CC(CN1CCN(C)CC1)Nc1ncccc1C(=O)N1CCc2ccccc21. The quantitative estimate of drug-likeness (QED) is 0.864. The fourth-order valence-electron chi connectivity index (χ4n) is 4.08. The maximum Gasteiger partial charge on any atom is 0.262 e. The molecular weight excluding hydrogens is 350 g/mol. The summed E-state index contributed by atoms with van der Waals surface area (Å²) in [6.07, 6.45) is 2.66. The van der Waals surface area contributed by atoms with Crippen LogP contribution in [-0.2, 0) is 6.42 Å². The van der Waals surface area contributed by atoms with Gasteiger partial charge in [-0.3, -0.25) is 9.69 Å². The topological polar surface area (TPSA) is 51.7 Å². The third-order valence-corrected chi connectivity index (χ3v) is 5.68. The summed E-state index contributed by atoms with van der Waals surface area (Å²) in [7, 11) is 2.17. The second kappa shape index (κ2) is 8.29.